The number of ether oxygens (including phenoxy) is 2. The van der Waals surface area contributed by atoms with E-state index in [-0.39, 0.29) is 6.29 Å². The van der Waals surface area contributed by atoms with Gasteiger partial charge in [-0.2, -0.15) is 0 Å². The molecule has 2 aromatic rings. The first kappa shape index (κ1) is 14.0. The minimum Gasteiger partial charge on any atom is -0.346 e. The third kappa shape index (κ3) is 2.80. The van der Waals surface area contributed by atoms with Crippen molar-refractivity contribution in [1.82, 2.24) is 9.55 Å². The molecule has 1 aromatic carbocycles. The zero-order chi connectivity index (χ0) is 13.8. The van der Waals surface area contributed by atoms with Gasteiger partial charge < -0.3 is 14.0 Å². The molecule has 1 heterocycles. The summed E-state index contributed by atoms with van der Waals surface area (Å²) in [5, 5.41) is 0. The molecule has 0 unspecified atom stereocenters. The van der Waals surface area contributed by atoms with Crippen molar-refractivity contribution in [3.8, 4) is 0 Å². The van der Waals surface area contributed by atoms with Crippen LogP contribution in [0.5, 0.6) is 0 Å². The van der Waals surface area contributed by atoms with Crippen LogP contribution in [0.4, 0.5) is 0 Å². The minimum absolute atomic E-state index is 0.386. The summed E-state index contributed by atoms with van der Waals surface area (Å²) in [4.78, 5) is 4.69. The van der Waals surface area contributed by atoms with Crippen molar-refractivity contribution in [1.29, 1.82) is 0 Å². The molecule has 4 nitrogen and oxygen atoms in total. The van der Waals surface area contributed by atoms with Gasteiger partial charge in [-0.05, 0) is 45.4 Å². The fraction of sp³-hybridized carbons (Fsp3) is 0.533. The van der Waals surface area contributed by atoms with Gasteiger partial charge in [0.25, 0.3) is 0 Å². The Hall–Kier alpha value is -1.39. The van der Waals surface area contributed by atoms with Crippen LogP contribution in [0.25, 0.3) is 11.0 Å². The quantitative estimate of drug-likeness (QED) is 0.748. The van der Waals surface area contributed by atoms with E-state index in [4.69, 9.17) is 14.5 Å². The average molecular weight is 262 g/mol. The molecule has 104 valence electrons. The van der Waals surface area contributed by atoms with Gasteiger partial charge in [-0.1, -0.05) is 6.07 Å². The number of aromatic nitrogens is 2. The summed E-state index contributed by atoms with van der Waals surface area (Å²) in [5.74, 6) is 0.854. The number of rotatable bonds is 6. The maximum atomic E-state index is 5.67. The number of hydrogen-bond acceptors (Lipinski definition) is 3. The summed E-state index contributed by atoms with van der Waals surface area (Å²) in [7, 11) is 0. The van der Waals surface area contributed by atoms with Gasteiger partial charge in [-0.25, -0.2) is 4.98 Å². The van der Waals surface area contributed by atoms with Crippen LogP contribution in [0.3, 0.4) is 0 Å². The average Bonchev–Trinajstić information content (AvgIpc) is 2.75. The summed E-state index contributed by atoms with van der Waals surface area (Å²) in [5.41, 5.74) is 3.35. The third-order valence-electron chi connectivity index (χ3n) is 3.10. The lowest BCUT2D eigenvalue weighted by Gasteiger charge is -2.17. The van der Waals surface area contributed by atoms with Crippen molar-refractivity contribution in [2.45, 2.75) is 40.5 Å². The fourth-order valence-corrected chi connectivity index (χ4v) is 2.27. The summed E-state index contributed by atoms with van der Waals surface area (Å²) in [6, 6.07) is 6.32. The van der Waals surface area contributed by atoms with E-state index in [1.54, 1.807) is 0 Å². The van der Waals surface area contributed by atoms with E-state index < -0.39 is 0 Å². The van der Waals surface area contributed by atoms with E-state index in [0.29, 0.717) is 13.2 Å². The van der Waals surface area contributed by atoms with Crippen LogP contribution < -0.4 is 0 Å². The number of hydrogen-bond donors (Lipinski definition) is 0. The maximum Gasteiger partial charge on any atom is 0.217 e. The van der Waals surface area contributed by atoms with E-state index in [1.165, 1.54) is 5.56 Å². The number of imidazole rings is 1. The van der Waals surface area contributed by atoms with E-state index in [1.807, 2.05) is 13.8 Å². The second-order valence-corrected chi connectivity index (χ2v) is 4.45. The van der Waals surface area contributed by atoms with Crippen LogP contribution in [0.1, 0.15) is 38.4 Å². The highest BCUT2D eigenvalue weighted by atomic mass is 16.7. The predicted octanol–water partition coefficient (Wildman–Crippen LogP) is 3.44. The Labute approximate surface area is 114 Å². The van der Waals surface area contributed by atoms with Crippen LogP contribution in [-0.4, -0.2) is 22.8 Å². The van der Waals surface area contributed by atoms with E-state index in [2.05, 4.69) is 36.6 Å². The highest BCUT2D eigenvalue weighted by Crippen LogP contribution is 2.24. The SMILES string of the molecule is CCOC(OCC)c1nc2cc(C)ccc2n1CC. The normalized spacial score (nSPS) is 11.6. The Morgan fingerprint density at radius 1 is 1.16 bits per heavy atom. The second kappa shape index (κ2) is 6.17. The van der Waals surface area contributed by atoms with E-state index >= 15 is 0 Å². The van der Waals surface area contributed by atoms with Gasteiger partial charge in [-0.3, -0.25) is 0 Å². The summed E-state index contributed by atoms with van der Waals surface area (Å²) in [6.07, 6.45) is -0.386. The Balaban J connectivity index is 2.51. The molecule has 19 heavy (non-hydrogen) atoms. The molecule has 2 rings (SSSR count). The molecule has 0 saturated carbocycles. The zero-order valence-corrected chi connectivity index (χ0v) is 12.1. The number of benzene rings is 1. The molecule has 0 bridgehead atoms. The molecule has 4 heteroatoms. The molecule has 0 N–H and O–H groups in total. The van der Waals surface area contributed by atoms with Crippen LogP contribution in [0, 0.1) is 6.92 Å². The van der Waals surface area contributed by atoms with E-state index in [9.17, 15) is 0 Å². The second-order valence-electron chi connectivity index (χ2n) is 4.45. The Bertz CT molecular complexity index is 542. The fourth-order valence-electron chi connectivity index (χ4n) is 2.27. The molecule has 0 spiro atoms. The molecule has 0 aliphatic rings. The van der Waals surface area contributed by atoms with Crippen molar-refractivity contribution in [2.75, 3.05) is 13.2 Å². The van der Waals surface area contributed by atoms with Gasteiger partial charge in [0.05, 0.1) is 11.0 Å². The summed E-state index contributed by atoms with van der Waals surface area (Å²) >= 11 is 0. The van der Waals surface area contributed by atoms with Crippen molar-refractivity contribution < 1.29 is 9.47 Å². The van der Waals surface area contributed by atoms with Gasteiger partial charge in [0.1, 0.15) is 0 Å². The number of fused-ring (bicyclic) bond motifs is 1. The lowest BCUT2D eigenvalue weighted by atomic mass is 10.2. The zero-order valence-electron chi connectivity index (χ0n) is 12.1. The molecule has 0 saturated heterocycles. The van der Waals surface area contributed by atoms with Crippen molar-refractivity contribution >= 4 is 11.0 Å². The summed E-state index contributed by atoms with van der Waals surface area (Å²) < 4.78 is 13.5. The van der Waals surface area contributed by atoms with Crippen molar-refractivity contribution in [2.24, 2.45) is 0 Å². The van der Waals surface area contributed by atoms with Crippen LogP contribution >= 0.6 is 0 Å². The van der Waals surface area contributed by atoms with Gasteiger partial charge in [0, 0.05) is 19.8 Å². The topological polar surface area (TPSA) is 36.3 Å². The Kier molecular flexibility index (Phi) is 4.56. The first-order chi connectivity index (χ1) is 9.21. The first-order valence-electron chi connectivity index (χ1n) is 6.91. The third-order valence-corrected chi connectivity index (χ3v) is 3.10. The van der Waals surface area contributed by atoms with Crippen molar-refractivity contribution in [3.05, 3.63) is 29.6 Å². The van der Waals surface area contributed by atoms with E-state index in [0.717, 1.165) is 23.4 Å². The predicted molar refractivity (Wildman–Crippen MR) is 76.1 cm³/mol. The Morgan fingerprint density at radius 2 is 1.84 bits per heavy atom. The largest absolute Gasteiger partial charge is 0.346 e. The van der Waals surface area contributed by atoms with Gasteiger partial charge in [0.15, 0.2) is 5.82 Å². The van der Waals surface area contributed by atoms with Crippen LogP contribution in [0.2, 0.25) is 0 Å². The minimum atomic E-state index is -0.386. The maximum absolute atomic E-state index is 5.67. The standard InChI is InChI=1S/C15H22N2O2/c1-5-17-13-9-8-11(4)10-12(13)16-14(17)15(18-6-2)19-7-3/h8-10,15H,5-7H2,1-4H3. The van der Waals surface area contributed by atoms with Crippen LogP contribution in [0.15, 0.2) is 18.2 Å². The highest BCUT2D eigenvalue weighted by molar-refractivity contribution is 5.76. The number of aryl methyl sites for hydroxylation is 2. The molecule has 0 aliphatic carbocycles. The molecule has 0 aliphatic heterocycles. The first-order valence-corrected chi connectivity index (χ1v) is 6.91. The van der Waals surface area contributed by atoms with Gasteiger partial charge in [0.2, 0.25) is 6.29 Å². The lowest BCUT2D eigenvalue weighted by Crippen LogP contribution is -2.15. The molecule has 0 amide bonds. The molecule has 0 atom stereocenters. The molecule has 1 aromatic heterocycles. The van der Waals surface area contributed by atoms with Crippen LogP contribution in [-0.2, 0) is 16.0 Å². The molecular formula is C15H22N2O2. The van der Waals surface area contributed by atoms with Crippen molar-refractivity contribution in [3.63, 3.8) is 0 Å². The highest BCUT2D eigenvalue weighted by Gasteiger charge is 2.20. The Morgan fingerprint density at radius 3 is 2.42 bits per heavy atom. The van der Waals surface area contributed by atoms with Gasteiger partial charge >= 0.3 is 0 Å². The monoisotopic (exact) mass is 262 g/mol. The summed E-state index contributed by atoms with van der Waals surface area (Å²) in [6.45, 7) is 10.2. The smallest absolute Gasteiger partial charge is 0.217 e. The molecule has 0 radical (unpaired) electrons. The molecular weight excluding hydrogens is 240 g/mol. The lowest BCUT2D eigenvalue weighted by molar-refractivity contribution is -0.146. The van der Waals surface area contributed by atoms with Gasteiger partial charge in [-0.15, -0.1) is 0 Å². The number of nitrogens with zero attached hydrogens (tertiary/aromatic N) is 2. The molecule has 0 fully saturated rings.